The molecule has 1 aromatic carbocycles. The molecule has 2 aromatic rings. The third-order valence-electron chi connectivity index (χ3n) is 5.90. The number of H-pyrrole nitrogens is 1. The maximum Gasteiger partial charge on any atom is 0.254 e. The Hall–Kier alpha value is -2.30. The first kappa shape index (κ1) is 17.1. The first-order valence-corrected chi connectivity index (χ1v) is 9.90. The summed E-state index contributed by atoms with van der Waals surface area (Å²) in [6.07, 6.45) is 8.89. The van der Waals surface area contributed by atoms with Gasteiger partial charge in [-0.05, 0) is 55.7 Å². The van der Waals surface area contributed by atoms with Crippen LogP contribution in [-0.4, -0.2) is 40.8 Å². The van der Waals surface area contributed by atoms with Crippen LogP contribution in [0.15, 0.2) is 30.5 Å². The lowest BCUT2D eigenvalue weighted by Crippen LogP contribution is -2.51. The van der Waals surface area contributed by atoms with Crippen LogP contribution in [0.1, 0.15) is 55.3 Å². The number of nitrogens with zero attached hydrogens (tertiary/aromatic N) is 1. The summed E-state index contributed by atoms with van der Waals surface area (Å²) < 4.78 is 0. The molecule has 0 radical (unpaired) electrons. The summed E-state index contributed by atoms with van der Waals surface area (Å²) in [7, 11) is 0. The van der Waals surface area contributed by atoms with Gasteiger partial charge in [-0.15, -0.1) is 0 Å². The Morgan fingerprint density at radius 1 is 1.04 bits per heavy atom. The Bertz CT molecular complexity index is 797. The van der Waals surface area contributed by atoms with Crippen molar-refractivity contribution in [2.24, 2.45) is 5.92 Å². The van der Waals surface area contributed by atoms with E-state index in [4.69, 9.17) is 0 Å². The number of aromatic amines is 1. The summed E-state index contributed by atoms with van der Waals surface area (Å²) in [5.74, 6) is 0.126. The van der Waals surface area contributed by atoms with Crippen LogP contribution in [0.3, 0.4) is 0 Å². The van der Waals surface area contributed by atoms with Gasteiger partial charge in [0.15, 0.2) is 0 Å². The molecule has 1 saturated heterocycles. The normalized spacial score (nSPS) is 24.8. The second-order valence-corrected chi connectivity index (χ2v) is 7.59. The highest BCUT2D eigenvalue weighted by molar-refractivity contribution is 5.98. The van der Waals surface area contributed by atoms with Crippen LogP contribution < -0.4 is 5.32 Å². The predicted molar refractivity (Wildman–Crippen MR) is 102 cm³/mol. The second-order valence-electron chi connectivity index (χ2n) is 7.59. The van der Waals surface area contributed by atoms with Gasteiger partial charge >= 0.3 is 0 Å². The molecule has 0 spiro atoms. The molecule has 2 aliphatic rings. The van der Waals surface area contributed by atoms with Crippen LogP contribution in [0.2, 0.25) is 0 Å². The van der Waals surface area contributed by atoms with E-state index in [1.54, 1.807) is 0 Å². The second kappa shape index (κ2) is 7.52. The van der Waals surface area contributed by atoms with Crippen molar-refractivity contribution in [2.75, 3.05) is 13.1 Å². The van der Waals surface area contributed by atoms with E-state index < -0.39 is 0 Å². The minimum atomic E-state index is -0.0694. The molecule has 2 N–H and O–H groups in total. The SMILES string of the molecule is O=C1NCCCCCN(C(=O)c2ccc3cc[nH]c3c2)[C@H]2CCCC[C@@H]12. The number of carbonyl (C=O) groups is 2. The number of hydrogen-bond donors (Lipinski definition) is 2. The first-order chi connectivity index (χ1) is 12.7. The lowest BCUT2D eigenvalue weighted by Gasteiger charge is -2.40. The van der Waals surface area contributed by atoms with Gasteiger partial charge in [-0.1, -0.05) is 18.9 Å². The molecule has 26 heavy (non-hydrogen) atoms. The maximum atomic E-state index is 13.4. The summed E-state index contributed by atoms with van der Waals surface area (Å²) in [5, 5.41) is 4.20. The molecule has 1 aromatic heterocycles. The highest BCUT2D eigenvalue weighted by Gasteiger charge is 2.37. The number of amides is 2. The number of fused-ring (bicyclic) bond motifs is 2. The number of aromatic nitrogens is 1. The minimum absolute atomic E-state index is 0.0219. The molecule has 5 heteroatoms. The molecule has 2 heterocycles. The lowest BCUT2D eigenvalue weighted by molar-refractivity contribution is -0.128. The average Bonchev–Trinajstić information content (AvgIpc) is 3.14. The highest BCUT2D eigenvalue weighted by Crippen LogP contribution is 2.31. The fraction of sp³-hybridized carbons (Fsp3) is 0.524. The average molecular weight is 353 g/mol. The van der Waals surface area contributed by atoms with Gasteiger partial charge in [0.25, 0.3) is 5.91 Å². The fourth-order valence-corrected chi connectivity index (χ4v) is 4.48. The zero-order valence-corrected chi connectivity index (χ0v) is 15.2. The Morgan fingerprint density at radius 2 is 1.92 bits per heavy atom. The molecular weight excluding hydrogens is 326 g/mol. The Kier molecular flexibility index (Phi) is 4.96. The van der Waals surface area contributed by atoms with Crippen LogP contribution in [0.25, 0.3) is 10.9 Å². The largest absolute Gasteiger partial charge is 0.361 e. The molecule has 138 valence electrons. The third-order valence-corrected chi connectivity index (χ3v) is 5.90. The van der Waals surface area contributed by atoms with E-state index in [0.717, 1.165) is 68.9 Å². The molecule has 2 amide bonds. The van der Waals surface area contributed by atoms with Gasteiger partial charge < -0.3 is 15.2 Å². The zero-order valence-electron chi connectivity index (χ0n) is 15.2. The third kappa shape index (κ3) is 3.35. The van der Waals surface area contributed by atoms with Crippen LogP contribution in [-0.2, 0) is 4.79 Å². The van der Waals surface area contributed by atoms with Crippen LogP contribution >= 0.6 is 0 Å². The van der Waals surface area contributed by atoms with Gasteiger partial charge in [-0.25, -0.2) is 0 Å². The predicted octanol–water partition coefficient (Wildman–Crippen LogP) is 3.47. The summed E-state index contributed by atoms with van der Waals surface area (Å²) in [6, 6.07) is 7.87. The van der Waals surface area contributed by atoms with Crippen LogP contribution in [0, 0.1) is 5.92 Å². The molecule has 0 bridgehead atoms. The quantitative estimate of drug-likeness (QED) is 0.824. The van der Waals surface area contributed by atoms with Crippen molar-refractivity contribution in [3.8, 4) is 0 Å². The molecular formula is C21H27N3O2. The Labute approximate surface area is 154 Å². The molecule has 2 fully saturated rings. The monoisotopic (exact) mass is 353 g/mol. The summed E-state index contributed by atoms with van der Waals surface area (Å²) in [6.45, 7) is 1.51. The van der Waals surface area contributed by atoms with Gasteiger partial charge in [-0.2, -0.15) is 0 Å². The van der Waals surface area contributed by atoms with Gasteiger partial charge in [0.1, 0.15) is 0 Å². The van der Waals surface area contributed by atoms with Crippen LogP contribution in [0.4, 0.5) is 0 Å². The van der Waals surface area contributed by atoms with Crippen molar-refractivity contribution in [1.82, 2.24) is 15.2 Å². The molecule has 1 aliphatic carbocycles. The van der Waals surface area contributed by atoms with Crippen molar-refractivity contribution >= 4 is 22.7 Å². The van der Waals surface area contributed by atoms with Crippen molar-refractivity contribution in [2.45, 2.75) is 51.0 Å². The lowest BCUT2D eigenvalue weighted by atomic mass is 9.82. The molecule has 0 unspecified atom stereocenters. The van der Waals surface area contributed by atoms with Gasteiger partial charge in [0, 0.05) is 36.4 Å². The van der Waals surface area contributed by atoms with Crippen molar-refractivity contribution in [1.29, 1.82) is 0 Å². The highest BCUT2D eigenvalue weighted by atomic mass is 16.2. The van der Waals surface area contributed by atoms with Gasteiger partial charge in [-0.3, -0.25) is 9.59 Å². The molecule has 5 nitrogen and oxygen atoms in total. The summed E-state index contributed by atoms with van der Waals surface area (Å²) in [4.78, 5) is 31.2. The van der Waals surface area contributed by atoms with Crippen LogP contribution in [0.5, 0.6) is 0 Å². The molecule has 1 aliphatic heterocycles. The molecule has 2 atom stereocenters. The fourth-order valence-electron chi connectivity index (χ4n) is 4.48. The van der Waals surface area contributed by atoms with E-state index in [0.29, 0.717) is 5.56 Å². The number of hydrogen-bond acceptors (Lipinski definition) is 2. The van der Waals surface area contributed by atoms with E-state index in [1.165, 1.54) is 0 Å². The Morgan fingerprint density at radius 3 is 2.85 bits per heavy atom. The standard InChI is InChI=1S/C21H27N3O2/c25-20-17-6-2-3-7-19(17)24(13-5-1-4-11-23-20)21(26)16-9-8-15-10-12-22-18(15)14-16/h8-10,12,14,17,19,22H,1-7,11,13H2,(H,23,25)/t17-,19+/m1/s1. The summed E-state index contributed by atoms with van der Waals surface area (Å²) >= 11 is 0. The first-order valence-electron chi connectivity index (χ1n) is 9.90. The topological polar surface area (TPSA) is 65.2 Å². The Balaban J connectivity index is 1.64. The van der Waals surface area contributed by atoms with E-state index in [2.05, 4.69) is 10.3 Å². The zero-order chi connectivity index (χ0) is 17.9. The number of rotatable bonds is 1. The van der Waals surface area contributed by atoms with E-state index >= 15 is 0 Å². The number of nitrogens with one attached hydrogen (secondary N) is 2. The van der Waals surface area contributed by atoms with Gasteiger partial charge in [0.2, 0.25) is 5.91 Å². The number of benzene rings is 1. The minimum Gasteiger partial charge on any atom is -0.361 e. The van der Waals surface area contributed by atoms with Crippen molar-refractivity contribution in [3.05, 3.63) is 36.0 Å². The van der Waals surface area contributed by atoms with E-state index in [1.807, 2.05) is 35.4 Å². The summed E-state index contributed by atoms with van der Waals surface area (Å²) in [5.41, 5.74) is 1.69. The van der Waals surface area contributed by atoms with Gasteiger partial charge in [0.05, 0.1) is 5.92 Å². The smallest absolute Gasteiger partial charge is 0.254 e. The molecule has 1 saturated carbocycles. The maximum absolute atomic E-state index is 13.4. The van der Waals surface area contributed by atoms with E-state index in [9.17, 15) is 9.59 Å². The number of carbonyl (C=O) groups excluding carboxylic acids is 2. The van der Waals surface area contributed by atoms with Crippen molar-refractivity contribution < 1.29 is 9.59 Å². The van der Waals surface area contributed by atoms with Crippen molar-refractivity contribution in [3.63, 3.8) is 0 Å². The molecule has 4 rings (SSSR count). The van der Waals surface area contributed by atoms with E-state index in [-0.39, 0.29) is 23.8 Å².